The molecular formula is C18H21NO3. The average molecular weight is 306 g/mol. The maximum atomic E-state index is 12.9. The third kappa shape index (κ3) is 1.27. The van der Waals surface area contributed by atoms with Crippen LogP contribution in [0.3, 0.4) is 0 Å². The maximum Gasteiger partial charge on any atom is 0.174 e. The van der Waals surface area contributed by atoms with Crippen LogP contribution in [0.2, 0.25) is 0 Å². The van der Waals surface area contributed by atoms with E-state index < -0.39 is 36.5 Å². The van der Waals surface area contributed by atoms with Crippen molar-refractivity contribution >= 4 is 5.78 Å². The lowest BCUT2D eigenvalue weighted by Gasteiger charge is -2.57. The molecule has 2 aliphatic heterocycles. The van der Waals surface area contributed by atoms with Crippen molar-refractivity contribution in [1.29, 1.82) is 0 Å². The van der Waals surface area contributed by atoms with Gasteiger partial charge in [-0.3, -0.25) is 4.79 Å². The Morgan fingerprint density at radius 1 is 1.59 bits per heavy atom. The number of carbonyl (C=O) groups is 1. The van der Waals surface area contributed by atoms with E-state index in [0.717, 1.165) is 0 Å². The molecule has 2 fully saturated rings. The van der Waals surface area contributed by atoms with Gasteiger partial charge in [-0.25, -0.2) is 0 Å². The molecule has 0 amide bonds. The Morgan fingerprint density at radius 2 is 2.50 bits per heavy atom. The minimum absolute atomic E-state index is 0.000558. The Labute approximate surface area is 140 Å². The van der Waals surface area contributed by atoms with Crippen LogP contribution in [0.1, 0.15) is 40.0 Å². The molecular weight excluding hydrogens is 278 g/mol. The normalized spacial score (nSPS) is 50.3. The molecule has 4 aliphatic rings. The molecule has 1 saturated heterocycles. The number of ketones is 1. The quantitative estimate of drug-likeness (QED) is 0.795. The van der Waals surface area contributed by atoms with Gasteiger partial charge in [-0.05, 0) is 50.4 Å². The molecule has 1 unspecified atom stereocenters. The summed E-state index contributed by atoms with van der Waals surface area (Å²) in [6, 6.07) is -2.03. The highest BCUT2D eigenvalue weighted by Gasteiger charge is 2.65. The highest BCUT2D eigenvalue weighted by Crippen LogP contribution is 2.62. The van der Waals surface area contributed by atoms with Gasteiger partial charge < -0.3 is 14.4 Å². The first-order valence-corrected chi connectivity index (χ1v) is 7.63. The summed E-state index contributed by atoms with van der Waals surface area (Å²) in [5.74, 6) is -1.93. The zero-order valence-corrected chi connectivity index (χ0v) is 12.3. The van der Waals surface area contributed by atoms with Crippen molar-refractivity contribution in [2.45, 2.75) is 43.2 Å². The molecule has 1 saturated carbocycles. The highest BCUT2D eigenvalue weighted by molar-refractivity contribution is 5.89. The van der Waals surface area contributed by atoms with Gasteiger partial charge in [-0.2, -0.15) is 0 Å². The molecule has 4 nitrogen and oxygen atoms in total. The molecule has 1 spiro atoms. The number of Topliss-reactive ketones (excluding diaryl/α,β-unsaturated/α-hetero) is 1. The highest BCUT2D eigenvalue weighted by atomic mass is 16.5. The summed E-state index contributed by atoms with van der Waals surface area (Å²) in [5, 5.41) is 0. The topological polar surface area (TPSA) is 38.8 Å². The van der Waals surface area contributed by atoms with Gasteiger partial charge in [0.15, 0.2) is 23.4 Å². The largest absolute Gasteiger partial charge is 0.493 e. The molecule has 1 aromatic rings. The van der Waals surface area contributed by atoms with E-state index >= 15 is 0 Å². The van der Waals surface area contributed by atoms with Gasteiger partial charge in [0.25, 0.3) is 0 Å². The monoisotopic (exact) mass is 306 g/mol. The van der Waals surface area contributed by atoms with Gasteiger partial charge in [0, 0.05) is 26.2 Å². The Bertz CT molecular complexity index is 966. The SMILES string of the molecule is [2H]c1c([2H])c(OC([2H])([2H])[2H])c2c3c1C[C@@]1([2H])N(C)CC[C@@]34C(O2)C(=O)CC[C@]41[2H]. The second-order valence-corrected chi connectivity index (χ2v) is 6.57. The van der Waals surface area contributed by atoms with Crippen molar-refractivity contribution in [3.63, 3.8) is 0 Å². The summed E-state index contributed by atoms with van der Waals surface area (Å²) < 4.78 is 69.0. The molecule has 2 bridgehead atoms. The van der Waals surface area contributed by atoms with Crippen molar-refractivity contribution in [3.8, 4) is 11.5 Å². The van der Waals surface area contributed by atoms with E-state index in [2.05, 4.69) is 0 Å². The predicted molar refractivity (Wildman–Crippen MR) is 81.6 cm³/mol. The maximum absolute atomic E-state index is 12.9. The number of benzene rings is 1. The summed E-state index contributed by atoms with van der Waals surface area (Å²) in [6.07, 6.45) is -0.302. The fourth-order valence-electron chi connectivity index (χ4n) is 4.82. The summed E-state index contributed by atoms with van der Waals surface area (Å²) in [5.41, 5.74) is -0.304. The van der Waals surface area contributed by atoms with Crippen LogP contribution >= 0.6 is 0 Å². The number of rotatable bonds is 1. The predicted octanol–water partition coefficient (Wildman–Crippen LogP) is 1.93. The zero-order valence-electron chi connectivity index (χ0n) is 19.3. The number of nitrogens with zero attached hydrogens (tertiary/aromatic N) is 1. The van der Waals surface area contributed by atoms with Crippen molar-refractivity contribution in [2.24, 2.45) is 5.89 Å². The van der Waals surface area contributed by atoms with Crippen molar-refractivity contribution in [1.82, 2.24) is 4.90 Å². The average Bonchev–Trinajstić information content (AvgIpc) is 2.97. The van der Waals surface area contributed by atoms with Gasteiger partial charge in [-0.15, -0.1) is 0 Å². The molecule has 0 radical (unpaired) electrons. The summed E-state index contributed by atoms with van der Waals surface area (Å²) in [6.45, 7) is 0.474. The number of hydrogen-bond donors (Lipinski definition) is 0. The van der Waals surface area contributed by atoms with Gasteiger partial charge in [0.2, 0.25) is 0 Å². The lowest BCUT2D eigenvalue weighted by molar-refractivity contribution is -0.138. The fourth-order valence-corrected chi connectivity index (χ4v) is 4.82. The standard InChI is InChI=1S/C18H21NO3/c1-19-8-7-18-11-4-5-13(20)17(18)22-16-14(21-2)6-3-10(15(16)18)9-12(11)19/h3,6,11-12,17H,4-5,7-9H2,1-2H3/t11-,12+,17?,18-/m0/s1/i2D3,3D,6D,11D,12D. The molecule has 1 aromatic carbocycles. The minimum Gasteiger partial charge on any atom is -0.493 e. The molecule has 0 N–H and O–H groups in total. The first kappa shape index (κ1) is 7.82. The number of hydrogen-bond acceptors (Lipinski definition) is 4. The van der Waals surface area contributed by atoms with Gasteiger partial charge in [0.05, 0.1) is 13.9 Å². The van der Waals surface area contributed by atoms with E-state index in [4.69, 9.17) is 16.3 Å². The van der Waals surface area contributed by atoms with Crippen LogP contribution in [0.15, 0.2) is 12.1 Å². The number of methoxy groups -OCH3 is 1. The molecule has 2 aliphatic carbocycles. The third-order valence-corrected chi connectivity index (χ3v) is 5.74. The van der Waals surface area contributed by atoms with Crippen LogP contribution < -0.4 is 9.47 Å². The molecule has 2 heterocycles. The van der Waals surface area contributed by atoms with Crippen molar-refractivity contribution < 1.29 is 23.9 Å². The van der Waals surface area contributed by atoms with E-state index in [-0.39, 0.29) is 42.6 Å². The summed E-state index contributed by atoms with van der Waals surface area (Å²) in [7, 11) is -1.08. The van der Waals surface area contributed by atoms with Gasteiger partial charge >= 0.3 is 0 Å². The molecule has 116 valence electrons. The molecule has 22 heavy (non-hydrogen) atoms. The van der Waals surface area contributed by atoms with Gasteiger partial charge in [0.1, 0.15) is 0 Å². The number of likely N-dealkylation sites (N-methyl/N-ethyl adjacent to an activating group) is 1. The van der Waals surface area contributed by atoms with Crippen LogP contribution in [0.4, 0.5) is 0 Å². The molecule has 5 rings (SSSR count). The fraction of sp³-hybridized carbons (Fsp3) is 0.611. The first-order valence-electron chi connectivity index (χ1n) is 11.1. The van der Waals surface area contributed by atoms with Crippen LogP contribution in [-0.2, 0) is 16.6 Å². The van der Waals surface area contributed by atoms with E-state index in [1.165, 1.54) is 0 Å². The zero-order chi connectivity index (χ0) is 21.1. The second-order valence-electron chi connectivity index (χ2n) is 6.57. The van der Waals surface area contributed by atoms with E-state index in [0.29, 0.717) is 24.1 Å². The minimum atomic E-state index is -2.86. The molecule has 4 heteroatoms. The van der Waals surface area contributed by atoms with E-state index in [1.807, 2.05) is 0 Å². The number of carbonyl (C=O) groups excluding carboxylic acids is 1. The Balaban J connectivity index is 1.88. The van der Waals surface area contributed by atoms with Crippen LogP contribution in [0, 0.1) is 5.89 Å². The third-order valence-electron chi connectivity index (χ3n) is 5.74. The van der Waals surface area contributed by atoms with E-state index in [1.54, 1.807) is 11.9 Å². The van der Waals surface area contributed by atoms with Crippen LogP contribution in [-0.4, -0.2) is 43.4 Å². The molecule has 4 atom stereocenters. The van der Waals surface area contributed by atoms with Crippen molar-refractivity contribution in [2.75, 3.05) is 20.6 Å². The Hall–Kier alpha value is -1.55. The first-order chi connectivity index (χ1) is 13.4. The Kier molecular flexibility index (Phi) is 1.44. The lowest BCUT2D eigenvalue weighted by Crippen LogP contribution is -2.65. The summed E-state index contributed by atoms with van der Waals surface area (Å²) in [4.78, 5) is 14.7. The Morgan fingerprint density at radius 3 is 3.36 bits per heavy atom. The van der Waals surface area contributed by atoms with E-state index in [9.17, 15) is 7.54 Å². The van der Waals surface area contributed by atoms with Crippen LogP contribution in [0.25, 0.3) is 0 Å². The molecule has 0 aromatic heterocycles. The van der Waals surface area contributed by atoms with Gasteiger partial charge in [-0.1, -0.05) is 6.04 Å². The van der Waals surface area contributed by atoms with Crippen LogP contribution in [0.5, 0.6) is 11.5 Å². The number of ether oxygens (including phenoxy) is 2. The number of likely N-dealkylation sites (tertiary alicyclic amines) is 1. The number of piperidine rings is 1. The lowest BCUT2D eigenvalue weighted by atomic mass is 9.52. The second kappa shape index (κ2) is 4.05. The smallest absolute Gasteiger partial charge is 0.174 e. The van der Waals surface area contributed by atoms with Crippen molar-refractivity contribution in [3.05, 3.63) is 23.2 Å². The summed E-state index contributed by atoms with van der Waals surface area (Å²) >= 11 is 0.